The Morgan fingerprint density at radius 2 is 2.37 bits per heavy atom. The van der Waals surface area contributed by atoms with Crippen LogP contribution in [0.15, 0.2) is 12.4 Å². The number of nitrogens with zero attached hydrogens (tertiary/aromatic N) is 3. The normalized spacial score (nSPS) is 19.3. The van der Waals surface area contributed by atoms with Crippen LogP contribution in [0.5, 0.6) is 0 Å². The molecule has 0 radical (unpaired) electrons. The predicted octanol–water partition coefficient (Wildman–Crippen LogP) is 1.67. The lowest BCUT2D eigenvalue weighted by Crippen LogP contribution is -2.48. The van der Waals surface area contributed by atoms with E-state index in [1.54, 1.807) is 12.4 Å². The van der Waals surface area contributed by atoms with Crippen molar-refractivity contribution in [2.45, 2.75) is 45.6 Å². The zero-order valence-electron chi connectivity index (χ0n) is 11.7. The molecule has 1 N–H and O–H groups in total. The molecule has 0 aromatic carbocycles. The number of aromatic nitrogens is 2. The number of amides is 1. The van der Waals surface area contributed by atoms with Gasteiger partial charge in [-0.05, 0) is 26.2 Å². The van der Waals surface area contributed by atoms with E-state index >= 15 is 0 Å². The third-order valence-electron chi connectivity index (χ3n) is 3.33. The molecule has 2 heterocycles. The first-order chi connectivity index (χ1) is 9.19. The average Bonchev–Trinajstić information content (AvgIpc) is 2.39. The molecule has 2 rings (SSSR count). The van der Waals surface area contributed by atoms with E-state index in [4.69, 9.17) is 0 Å². The van der Waals surface area contributed by atoms with E-state index in [9.17, 15) is 4.79 Å². The van der Waals surface area contributed by atoms with Gasteiger partial charge in [0.1, 0.15) is 5.82 Å². The van der Waals surface area contributed by atoms with Crippen LogP contribution in [0.25, 0.3) is 0 Å². The lowest BCUT2D eigenvalue weighted by Gasteiger charge is -2.33. The number of hydrogen-bond acceptors (Lipinski definition) is 4. The van der Waals surface area contributed by atoms with Gasteiger partial charge in [-0.25, -0.2) is 4.98 Å². The molecule has 0 aliphatic carbocycles. The summed E-state index contributed by atoms with van der Waals surface area (Å²) in [7, 11) is 0. The van der Waals surface area contributed by atoms with E-state index in [2.05, 4.69) is 20.2 Å². The van der Waals surface area contributed by atoms with Crippen LogP contribution in [0.3, 0.4) is 0 Å². The number of carbonyl (C=O) groups excluding carboxylic acids is 1. The number of piperidine rings is 1. The van der Waals surface area contributed by atoms with E-state index in [-0.39, 0.29) is 11.9 Å². The van der Waals surface area contributed by atoms with E-state index < -0.39 is 0 Å². The Bertz CT molecular complexity index is 435. The van der Waals surface area contributed by atoms with Crippen LogP contribution >= 0.6 is 0 Å². The van der Waals surface area contributed by atoms with Crippen molar-refractivity contribution in [1.82, 2.24) is 15.3 Å². The van der Waals surface area contributed by atoms with Crippen LogP contribution in [0.2, 0.25) is 0 Å². The molecular formula is C14H22N4O. The number of hydrogen-bond donors (Lipinski definition) is 1. The van der Waals surface area contributed by atoms with Crippen molar-refractivity contribution in [1.29, 1.82) is 0 Å². The Hall–Kier alpha value is -1.65. The van der Waals surface area contributed by atoms with Crippen LogP contribution in [-0.4, -0.2) is 35.0 Å². The first-order valence-electron chi connectivity index (χ1n) is 7.02. The number of carbonyl (C=O) groups is 1. The zero-order chi connectivity index (χ0) is 13.7. The Morgan fingerprint density at radius 1 is 1.53 bits per heavy atom. The molecule has 0 spiro atoms. The molecule has 19 heavy (non-hydrogen) atoms. The molecule has 0 bridgehead atoms. The monoisotopic (exact) mass is 262 g/mol. The molecule has 1 aliphatic rings. The maximum absolute atomic E-state index is 11.7. The maximum atomic E-state index is 11.7. The molecule has 1 saturated heterocycles. The quantitative estimate of drug-likeness (QED) is 0.896. The van der Waals surface area contributed by atoms with Gasteiger partial charge in [-0.3, -0.25) is 9.78 Å². The highest BCUT2D eigenvalue weighted by molar-refractivity contribution is 5.76. The summed E-state index contributed by atoms with van der Waals surface area (Å²) in [5.74, 6) is 1.07. The molecule has 5 nitrogen and oxygen atoms in total. The lowest BCUT2D eigenvalue weighted by atomic mass is 10.1. The van der Waals surface area contributed by atoms with Crippen molar-refractivity contribution >= 4 is 11.7 Å². The van der Waals surface area contributed by atoms with Crippen LogP contribution in [0.1, 0.15) is 38.3 Å². The van der Waals surface area contributed by atoms with Gasteiger partial charge in [0.15, 0.2) is 0 Å². The van der Waals surface area contributed by atoms with E-state index in [0.717, 1.165) is 43.9 Å². The maximum Gasteiger partial charge on any atom is 0.220 e. The summed E-state index contributed by atoms with van der Waals surface area (Å²) in [5.41, 5.74) is 0.926. The number of aryl methyl sites for hydroxylation is 1. The van der Waals surface area contributed by atoms with Crippen molar-refractivity contribution in [3.8, 4) is 0 Å². The summed E-state index contributed by atoms with van der Waals surface area (Å²) in [5, 5.41) is 3.11. The third kappa shape index (κ3) is 3.91. The van der Waals surface area contributed by atoms with Crippen molar-refractivity contribution in [2.75, 3.05) is 18.0 Å². The summed E-state index contributed by atoms with van der Waals surface area (Å²) < 4.78 is 0. The summed E-state index contributed by atoms with van der Waals surface area (Å²) in [6, 6.07) is 0.232. The number of nitrogens with one attached hydrogen (secondary N) is 1. The lowest BCUT2D eigenvalue weighted by molar-refractivity contribution is -0.121. The van der Waals surface area contributed by atoms with Crippen LogP contribution in [0.4, 0.5) is 5.82 Å². The van der Waals surface area contributed by atoms with Gasteiger partial charge in [0.2, 0.25) is 5.91 Å². The van der Waals surface area contributed by atoms with Gasteiger partial charge in [0.05, 0.1) is 11.9 Å². The molecule has 1 aromatic rings. The fraction of sp³-hybridized carbons (Fsp3) is 0.643. The molecule has 1 atom stereocenters. The van der Waals surface area contributed by atoms with Gasteiger partial charge in [-0.1, -0.05) is 6.92 Å². The Morgan fingerprint density at radius 3 is 3.11 bits per heavy atom. The summed E-state index contributed by atoms with van der Waals surface area (Å²) in [6.45, 7) is 5.78. The second-order valence-electron chi connectivity index (χ2n) is 5.12. The fourth-order valence-electron chi connectivity index (χ4n) is 2.43. The van der Waals surface area contributed by atoms with Crippen LogP contribution < -0.4 is 10.2 Å². The van der Waals surface area contributed by atoms with Gasteiger partial charge in [0.25, 0.3) is 0 Å². The van der Waals surface area contributed by atoms with Crippen LogP contribution in [0, 0.1) is 6.92 Å². The third-order valence-corrected chi connectivity index (χ3v) is 3.33. The number of anilines is 1. The first kappa shape index (κ1) is 13.8. The van der Waals surface area contributed by atoms with Crippen molar-refractivity contribution in [3.63, 3.8) is 0 Å². The Labute approximate surface area is 114 Å². The highest BCUT2D eigenvalue weighted by atomic mass is 16.1. The SMILES string of the molecule is CCCC(=O)N[C@H]1CCCN(c2cncc(C)n2)C1. The second-order valence-corrected chi connectivity index (χ2v) is 5.12. The van der Waals surface area contributed by atoms with E-state index in [0.29, 0.717) is 6.42 Å². The number of rotatable bonds is 4. The summed E-state index contributed by atoms with van der Waals surface area (Å²) in [6.07, 6.45) is 7.18. The summed E-state index contributed by atoms with van der Waals surface area (Å²) >= 11 is 0. The van der Waals surface area contributed by atoms with Crippen LogP contribution in [-0.2, 0) is 4.79 Å². The van der Waals surface area contributed by atoms with Gasteiger partial charge in [-0.2, -0.15) is 0 Å². The minimum absolute atomic E-state index is 0.157. The molecule has 0 unspecified atom stereocenters. The van der Waals surface area contributed by atoms with Crippen molar-refractivity contribution in [3.05, 3.63) is 18.1 Å². The summed E-state index contributed by atoms with van der Waals surface area (Å²) in [4.78, 5) is 22.5. The smallest absolute Gasteiger partial charge is 0.220 e. The molecule has 1 amide bonds. The first-order valence-corrected chi connectivity index (χ1v) is 7.02. The van der Waals surface area contributed by atoms with E-state index in [1.165, 1.54) is 0 Å². The van der Waals surface area contributed by atoms with Crippen molar-refractivity contribution < 1.29 is 4.79 Å². The second kappa shape index (κ2) is 6.50. The van der Waals surface area contributed by atoms with E-state index in [1.807, 2.05) is 13.8 Å². The zero-order valence-corrected chi connectivity index (χ0v) is 11.7. The highest BCUT2D eigenvalue weighted by Gasteiger charge is 2.22. The average molecular weight is 262 g/mol. The molecular weight excluding hydrogens is 240 g/mol. The van der Waals surface area contributed by atoms with Gasteiger partial charge in [-0.15, -0.1) is 0 Å². The van der Waals surface area contributed by atoms with Gasteiger partial charge < -0.3 is 10.2 Å². The fourth-order valence-corrected chi connectivity index (χ4v) is 2.43. The Kier molecular flexibility index (Phi) is 4.71. The molecule has 1 fully saturated rings. The van der Waals surface area contributed by atoms with Gasteiger partial charge in [0, 0.05) is 31.7 Å². The molecule has 104 valence electrons. The molecule has 1 aromatic heterocycles. The topological polar surface area (TPSA) is 58.1 Å². The standard InChI is InChI=1S/C14H22N4O/c1-3-5-14(19)17-12-6-4-7-18(10-12)13-9-15-8-11(2)16-13/h8-9,12H,3-7,10H2,1-2H3,(H,17,19)/t12-/m0/s1. The van der Waals surface area contributed by atoms with Crippen molar-refractivity contribution in [2.24, 2.45) is 0 Å². The molecule has 0 saturated carbocycles. The molecule has 1 aliphatic heterocycles. The minimum atomic E-state index is 0.157. The largest absolute Gasteiger partial charge is 0.353 e. The minimum Gasteiger partial charge on any atom is -0.353 e. The molecule has 5 heteroatoms. The highest BCUT2D eigenvalue weighted by Crippen LogP contribution is 2.17. The predicted molar refractivity (Wildman–Crippen MR) is 75.1 cm³/mol. The van der Waals surface area contributed by atoms with Gasteiger partial charge >= 0.3 is 0 Å². The Balaban J connectivity index is 1.95.